The van der Waals surface area contributed by atoms with E-state index in [2.05, 4.69) is 16.9 Å². The molecule has 1 aliphatic heterocycles. The third kappa shape index (κ3) is 2.65. The molecule has 0 radical (unpaired) electrons. The molecular formula is C14H18N2O. The zero-order valence-electron chi connectivity index (χ0n) is 10.2. The number of aromatic nitrogens is 1. The van der Waals surface area contributed by atoms with Gasteiger partial charge in [0.15, 0.2) is 0 Å². The van der Waals surface area contributed by atoms with E-state index in [0.29, 0.717) is 6.10 Å². The number of hydrogen-bond donors (Lipinski definition) is 0. The highest BCUT2D eigenvalue weighted by Crippen LogP contribution is 2.26. The average Bonchev–Trinajstić information content (AvgIpc) is 3.14. The van der Waals surface area contributed by atoms with Gasteiger partial charge in [0.2, 0.25) is 5.88 Å². The SMILES string of the molecule is CC1CCC(c2ccnc(OC3CC3)c2)=NC1. The zero-order chi connectivity index (χ0) is 11.7. The van der Waals surface area contributed by atoms with Crippen molar-refractivity contribution < 1.29 is 4.74 Å². The maximum Gasteiger partial charge on any atom is 0.214 e. The lowest BCUT2D eigenvalue weighted by molar-refractivity contribution is 0.291. The van der Waals surface area contributed by atoms with Crippen molar-refractivity contribution in [1.29, 1.82) is 0 Å². The van der Waals surface area contributed by atoms with Crippen LogP contribution in [0.1, 0.15) is 38.2 Å². The van der Waals surface area contributed by atoms with Crippen molar-refractivity contribution in [3.63, 3.8) is 0 Å². The second-order valence-electron chi connectivity index (χ2n) is 5.13. The minimum Gasteiger partial charge on any atom is -0.474 e. The maximum atomic E-state index is 5.71. The van der Waals surface area contributed by atoms with Gasteiger partial charge in [-0.1, -0.05) is 6.92 Å². The van der Waals surface area contributed by atoms with Crippen LogP contribution in [0.15, 0.2) is 23.3 Å². The molecule has 90 valence electrons. The van der Waals surface area contributed by atoms with Gasteiger partial charge in [-0.2, -0.15) is 0 Å². The van der Waals surface area contributed by atoms with E-state index in [0.717, 1.165) is 24.8 Å². The molecule has 3 rings (SSSR count). The van der Waals surface area contributed by atoms with Gasteiger partial charge >= 0.3 is 0 Å². The van der Waals surface area contributed by atoms with E-state index in [4.69, 9.17) is 4.74 Å². The summed E-state index contributed by atoms with van der Waals surface area (Å²) in [5.74, 6) is 1.48. The first-order valence-corrected chi connectivity index (χ1v) is 6.47. The summed E-state index contributed by atoms with van der Waals surface area (Å²) >= 11 is 0. The monoisotopic (exact) mass is 230 g/mol. The average molecular weight is 230 g/mol. The molecule has 1 aromatic heterocycles. The number of hydrogen-bond acceptors (Lipinski definition) is 3. The summed E-state index contributed by atoms with van der Waals surface area (Å²) in [6.07, 6.45) is 6.89. The largest absolute Gasteiger partial charge is 0.474 e. The van der Waals surface area contributed by atoms with E-state index in [1.165, 1.54) is 30.5 Å². The molecular weight excluding hydrogens is 212 g/mol. The first-order valence-electron chi connectivity index (χ1n) is 6.47. The van der Waals surface area contributed by atoms with Crippen LogP contribution in [0, 0.1) is 5.92 Å². The van der Waals surface area contributed by atoms with Gasteiger partial charge in [0.05, 0.1) is 0 Å². The van der Waals surface area contributed by atoms with Gasteiger partial charge < -0.3 is 4.74 Å². The Kier molecular flexibility index (Phi) is 2.83. The molecule has 0 saturated heterocycles. The highest BCUT2D eigenvalue weighted by Gasteiger charge is 2.24. The fourth-order valence-electron chi connectivity index (χ4n) is 2.07. The smallest absolute Gasteiger partial charge is 0.214 e. The normalized spacial score (nSPS) is 24.3. The minimum atomic E-state index is 0.408. The highest BCUT2D eigenvalue weighted by atomic mass is 16.5. The Bertz CT molecular complexity index is 438. The quantitative estimate of drug-likeness (QED) is 0.800. The van der Waals surface area contributed by atoms with Crippen molar-refractivity contribution in [1.82, 2.24) is 4.98 Å². The molecule has 1 aliphatic carbocycles. The second-order valence-corrected chi connectivity index (χ2v) is 5.13. The summed E-state index contributed by atoms with van der Waals surface area (Å²) in [6.45, 7) is 3.21. The molecule has 17 heavy (non-hydrogen) atoms. The third-order valence-corrected chi connectivity index (χ3v) is 3.35. The molecule has 1 saturated carbocycles. The highest BCUT2D eigenvalue weighted by molar-refractivity contribution is 6.01. The van der Waals surface area contributed by atoms with Crippen LogP contribution in [0.5, 0.6) is 5.88 Å². The fraction of sp³-hybridized carbons (Fsp3) is 0.571. The van der Waals surface area contributed by atoms with Crippen LogP contribution in [0.3, 0.4) is 0 Å². The summed E-state index contributed by atoms with van der Waals surface area (Å²) in [5, 5.41) is 0. The molecule has 0 amide bonds. The Morgan fingerprint density at radius 3 is 2.88 bits per heavy atom. The number of rotatable bonds is 3. The minimum absolute atomic E-state index is 0.408. The van der Waals surface area contributed by atoms with Gasteiger partial charge in [-0.3, -0.25) is 4.99 Å². The molecule has 3 heteroatoms. The van der Waals surface area contributed by atoms with Crippen LogP contribution in [-0.4, -0.2) is 23.3 Å². The standard InChI is InChI=1S/C14H18N2O/c1-10-2-5-13(16-9-10)11-6-7-15-14(8-11)17-12-3-4-12/h6-8,10,12H,2-5,9H2,1H3. The molecule has 0 aromatic carbocycles. The Morgan fingerprint density at radius 1 is 1.29 bits per heavy atom. The van der Waals surface area contributed by atoms with Gasteiger partial charge in [0.1, 0.15) is 6.10 Å². The van der Waals surface area contributed by atoms with Gasteiger partial charge in [-0.15, -0.1) is 0 Å². The van der Waals surface area contributed by atoms with Crippen LogP contribution in [0.25, 0.3) is 0 Å². The summed E-state index contributed by atoms with van der Waals surface area (Å²) in [7, 11) is 0. The van der Waals surface area contributed by atoms with E-state index in [1.54, 1.807) is 0 Å². The Balaban J connectivity index is 1.77. The Morgan fingerprint density at radius 2 is 2.18 bits per heavy atom. The molecule has 3 nitrogen and oxygen atoms in total. The Labute approximate surface area is 102 Å². The summed E-state index contributed by atoms with van der Waals surface area (Å²) in [4.78, 5) is 8.90. The van der Waals surface area contributed by atoms with E-state index in [1.807, 2.05) is 18.3 Å². The molecule has 1 atom stereocenters. The van der Waals surface area contributed by atoms with Crippen molar-refractivity contribution >= 4 is 5.71 Å². The predicted octanol–water partition coefficient (Wildman–Crippen LogP) is 2.84. The van der Waals surface area contributed by atoms with Crippen LogP contribution in [-0.2, 0) is 0 Å². The van der Waals surface area contributed by atoms with Crippen molar-refractivity contribution in [2.24, 2.45) is 10.9 Å². The Hall–Kier alpha value is -1.38. The van der Waals surface area contributed by atoms with Crippen molar-refractivity contribution in [2.75, 3.05) is 6.54 Å². The molecule has 1 aromatic rings. The number of nitrogens with zero attached hydrogens (tertiary/aromatic N) is 2. The molecule has 1 unspecified atom stereocenters. The first-order chi connectivity index (χ1) is 8.31. The van der Waals surface area contributed by atoms with Gasteiger partial charge in [0, 0.05) is 30.1 Å². The summed E-state index contributed by atoms with van der Waals surface area (Å²) in [5.41, 5.74) is 2.40. The topological polar surface area (TPSA) is 34.5 Å². The molecule has 2 heterocycles. The van der Waals surface area contributed by atoms with E-state index in [-0.39, 0.29) is 0 Å². The number of pyridine rings is 1. The van der Waals surface area contributed by atoms with Crippen LogP contribution < -0.4 is 4.74 Å². The summed E-state index contributed by atoms with van der Waals surface area (Å²) < 4.78 is 5.71. The van der Waals surface area contributed by atoms with Gasteiger partial charge in [-0.25, -0.2) is 4.98 Å². The maximum absolute atomic E-state index is 5.71. The molecule has 2 aliphatic rings. The number of aliphatic imine (C=N–C) groups is 1. The first kappa shape index (κ1) is 10.8. The van der Waals surface area contributed by atoms with Crippen LogP contribution >= 0.6 is 0 Å². The predicted molar refractivity (Wildman–Crippen MR) is 67.7 cm³/mol. The zero-order valence-corrected chi connectivity index (χ0v) is 10.2. The van der Waals surface area contributed by atoms with Crippen LogP contribution in [0.2, 0.25) is 0 Å². The lowest BCUT2D eigenvalue weighted by Crippen LogP contribution is -2.14. The lowest BCUT2D eigenvalue weighted by atomic mass is 9.96. The molecule has 1 fully saturated rings. The van der Waals surface area contributed by atoms with Crippen molar-refractivity contribution in [2.45, 2.75) is 38.7 Å². The molecule has 0 bridgehead atoms. The van der Waals surface area contributed by atoms with E-state index >= 15 is 0 Å². The number of ether oxygens (including phenoxy) is 1. The lowest BCUT2D eigenvalue weighted by Gasteiger charge is -2.17. The fourth-order valence-corrected chi connectivity index (χ4v) is 2.07. The van der Waals surface area contributed by atoms with E-state index < -0.39 is 0 Å². The molecule has 0 N–H and O–H groups in total. The summed E-state index contributed by atoms with van der Waals surface area (Å²) in [6, 6.07) is 4.07. The van der Waals surface area contributed by atoms with Gasteiger partial charge in [0.25, 0.3) is 0 Å². The van der Waals surface area contributed by atoms with Gasteiger partial charge in [-0.05, 0) is 37.7 Å². The van der Waals surface area contributed by atoms with Crippen molar-refractivity contribution in [3.8, 4) is 5.88 Å². The molecule has 0 spiro atoms. The second kappa shape index (κ2) is 4.47. The van der Waals surface area contributed by atoms with Crippen LogP contribution in [0.4, 0.5) is 0 Å². The third-order valence-electron chi connectivity index (χ3n) is 3.35. The van der Waals surface area contributed by atoms with E-state index in [9.17, 15) is 0 Å². The van der Waals surface area contributed by atoms with Crippen molar-refractivity contribution in [3.05, 3.63) is 23.9 Å².